The third-order valence-electron chi connectivity index (χ3n) is 6.11. The van der Waals surface area contributed by atoms with Gasteiger partial charge in [0.2, 0.25) is 0 Å². The molecular weight excluding hydrogens is 436 g/mol. The fourth-order valence-corrected chi connectivity index (χ4v) is 4.79. The Balaban J connectivity index is 1.83. The number of nitrogens with one attached hydrogen (secondary N) is 1. The molecule has 0 bridgehead atoms. The quantitative estimate of drug-likeness (QED) is 0.645. The molecule has 1 aliphatic carbocycles. The number of halogens is 1. The highest BCUT2D eigenvalue weighted by Gasteiger charge is 2.45. The molecule has 2 aliphatic rings. The van der Waals surface area contributed by atoms with Crippen molar-refractivity contribution in [3.63, 3.8) is 0 Å². The maximum Gasteiger partial charge on any atom is 0.407 e. The fraction of sp³-hybridized carbons (Fsp3) is 0.391. The molecule has 0 radical (unpaired) electrons. The average Bonchev–Trinajstić information content (AvgIpc) is 2.74. The third-order valence-corrected chi connectivity index (χ3v) is 6.44. The lowest BCUT2D eigenvalue weighted by molar-refractivity contribution is -0.0172. The summed E-state index contributed by atoms with van der Waals surface area (Å²) in [5.41, 5.74) is 0.0927. The second kappa shape index (κ2) is 8.97. The first-order valence-electron chi connectivity index (χ1n) is 10.4. The van der Waals surface area contributed by atoms with Gasteiger partial charge < -0.3 is 29.6 Å². The van der Waals surface area contributed by atoms with Gasteiger partial charge in [-0.15, -0.1) is 0 Å². The number of alkyl carbamates (subject to hydrolysis) is 1. The van der Waals surface area contributed by atoms with E-state index in [1.807, 2.05) is 11.9 Å². The minimum Gasteiger partial charge on any atom is -0.507 e. The number of amides is 1. The largest absolute Gasteiger partial charge is 0.507 e. The second-order valence-electron chi connectivity index (χ2n) is 8.17. The lowest BCUT2D eigenvalue weighted by Gasteiger charge is -2.41. The zero-order valence-corrected chi connectivity index (χ0v) is 18.5. The van der Waals surface area contributed by atoms with Crippen LogP contribution in [0.25, 0.3) is 17.1 Å². The number of likely N-dealkylation sites (tertiary alicyclic amines) is 1. The van der Waals surface area contributed by atoms with E-state index in [1.165, 1.54) is 19.2 Å². The predicted molar refractivity (Wildman–Crippen MR) is 120 cm³/mol. The van der Waals surface area contributed by atoms with Crippen molar-refractivity contribution in [1.82, 2.24) is 10.2 Å². The molecule has 2 aromatic rings. The molecule has 1 aliphatic heterocycles. The highest BCUT2D eigenvalue weighted by Crippen LogP contribution is 2.43. The van der Waals surface area contributed by atoms with E-state index in [2.05, 4.69) is 5.32 Å². The van der Waals surface area contributed by atoms with E-state index in [-0.39, 0.29) is 28.8 Å². The van der Waals surface area contributed by atoms with Crippen LogP contribution in [-0.2, 0) is 4.74 Å². The highest BCUT2D eigenvalue weighted by atomic mass is 35.5. The third kappa shape index (κ3) is 4.13. The minimum absolute atomic E-state index is 0.00808. The van der Waals surface area contributed by atoms with E-state index in [0.717, 1.165) is 0 Å². The van der Waals surface area contributed by atoms with Crippen molar-refractivity contribution in [2.24, 2.45) is 5.92 Å². The first-order valence-corrected chi connectivity index (χ1v) is 10.8. The molecule has 2 heterocycles. The number of carbonyl (C=O) groups is 1. The summed E-state index contributed by atoms with van der Waals surface area (Å²) < 4.78 is 11.8. The SMILES string of the molecule is CNC(=O)OC1CN(C)CC[C@@H]1C1c2oc(-c3ccccc3Cl)cc(=O)c2C(O)=CC1O. The van der Waals surface area contributed by atoms with E-state index in [9.17, 15) is 19.8 Å². The number of rotatable bonds is 3. The first kappa shape index (κ1) is 22.4. The van der Waals surface area contributed by atoms with Gasteiger partial charge in [0, 0.05) is 31.1 Å². The van der Waals surface area contributed by atoms with Gasteiger partial charge >= 0.3 is 6.09 Å². The maximum atomic E-state index is 13.0. The van der Waals surface area contributed by atoms with Crippen LogP contribution in [0.1, 0.15) is 23.7 Å². The van der Waals surface area contributed by atoms with Gasteiger partial charge in [-0.05, 0) is 38.2 Å². The lowest BCUT2D eigenvalue weighted by Crippen LogP contribution is -2.49. The van der Waals surface area contributed by atoms with Gasteiger partial charge in [0.05, 0.1) is 17.0 Å². The van der Waals surface area contributed by atoms with Crippen molar-refractivity contribution in [3.8, 4) is 11.3 Å². The number of fused-ring (bicyclic) bond motifs is 1. The van der Waals surface area contributed by atoms with Crippen molar-refractivity contribution >= 4 is 23.5 Å². The number of benzene rings is 1. The van der Waals surface area contributed by atoms with Gasteiger partial charge in [0.15, 0.2) is 5.43 Å². The molecular formula is C23H25ClN2O6. The Morgan fingerprint density at radius 2 is 2.09 bits per heavy atom. The Morgan fingerprint density at radius 3 is 2.81 bits per heavy atom. The van der Waals surface area contributed by atoms with E-state index in [0.29, 0.717) is 30.1 Å². The number of piperidine rings is 1. The molecule has 4 atom stereocenters. The van der Waals surface area contributed by atoms with Crippen LogP contribution in [0, 0.1) is 5.92 Å². The summed E-state index contributed by atoms with van der Waals surface area (Å²) in [5, 5.41) is 24.2. The first-order chi connectivity index (χ1) is 15.3. The monoisotopic (exact) mass is 460 g/mol. The molecule has 1 amide bonds. The Kier molecular flexibility index (Phi) is 6.28. The number of ether oxygens (including phenoxy) is 1. The molecule has 8 nitrogen and oxygen atoms in total. The number of carbonyl (C=O) groups excluding carboxylic acids is 1. The number of aliphatic hydroxyl groups excluding tert-OH is 2. The molecule has 0 saturated carbocycles. The van der Waals surface area contributed by atoms with Crippen molar-refractivity contribution < 1.29 is 24.2 Å². The van der Waals surface area contributed by atoms with Crippen LogP contribution in [-0.4, -0.2) is 60.6 Å². The number of likely N-dealkylation sites (N-methyl/N-ethyl adjacent to an activating group) is 1. The van der Waals surface area contributed by atoms with Gasteiger partial charge in [-0.1, -0.05) is 23.7 Å². The molecule has 32 heavy (non-hydrogen) atoms. The van der Waals surface area contributed by atoms with Crippen molar-refractivity contribution in [2.45, 2.75) is 24.5 Å². The normalized spacial score (nSPS) is 25.6. The van der Waals surface area contributed by atoms with Crippen LogP contribution >= 0.6 is 11.6 Å². The molecule has 1 fully saturated rings. The molecule has 1 saturated heterocycles. The second-order valence-corrected chi connectivity index (χ2v) is 8.58. The van der Waals surface area contributed by atoms with Crippen molar-refractivity contribution in [1.29, 1.82) is 0 Å². The Hall–Kier alpha value is -2.81. The molecule has 1 aromatic heterocycles. The molecule has 0 spiro atoms. The number of aliphatic hydroxyl groups is 2. The Morgan fingerprint density at radius 1 is 1.34 bits per heavy atom. The molecule has 9 heteroatoms. The van der Waals surface area contributed by atoms with E-state index in [4.69, 9.17) is 20.8 Å². The summed E-state index contributed by atoms with van der Waals surface area (Å²) in [5.74, 6) is -0.964. The number of nitrogens with zero attached hydrogens (tertiary/aromatic N) is 1. The van der Waals surface area contributed by atoms with Crippen LogP contribution in [0.2, 0.25) is 5.02 Å². The zero-order valence-electron chi connectivity index (χ0n) is 17.7. The molecule has 170 valence electrons. The zero-order chi connectivity index (χ0) is 23.0. The Labute approximate surface area is 190 Å². The summed E-state index contributed by atoms with van der Waals surface area (Å²) in [6.45, 7) is 1.17. The van der Waals surface area contributed by atoms with Crippen LogP contribution in [0.5, 0.6) is 0 Å². The lowest BCUT2D eigenvalue weighted by atomic mass is 9.74. The van der Waals surface area contributed by atoms with E-state index in [1.54, 1.807) is 24.3 Å². The summed E-state index contributed by atoms with van der Waals surface area (Å²) in [6.07, 6.45) is -0.423. The van der Waals surface area contributed by atoms with Crippen LogP contribution in [0.15, 0.2) is 45.6 Å². The van der Waals surface area contributed by atoms with Gasteiger partial charge in [0.1, 0.15) is 28.9 Å². The smallest absolute Gasteiger partial charge is 0.407 e. The highest BCUT2D eigenvalue weighted by molar-refractivity contribution is 6.33. The number of hydrogen-bond acceptors (Lipinski definition) is 7. The van der Waals surface area contributed by atoms with E-state index >= 15 is 0 Å². The molecule has 3 N–H and O–H groups in total. The van der Waals surface area contributed by atoms with Gasteiger partial charge in [0.25, 0.3) is 0 Å². The van der Waals surface area contributed by atoms with Crippen LogP contribution in [0.4, 0.5) is 4.79 Å². The summed E-state index contributed by atoms with van der Waals surface area (Å²) in [4.78, 5) is 27.0. The standard InChI is InChI=1S/C23H25ClN2O6/c1-25-23(30)32-19-11-26(2)8-7-13(19)20-15(27)9-16(28)21-17(29)10-18(31-22(20)21)12-5-3-4-6-14(12)24/h3-6,9-10,13,15,19-20,27-28H,7-8,11H2,1-2H3,(H,25,30)/t13-,15?,19?,20?/m0/s1. The fourth-order valence-electron chi connectivity index (χ4n) is 4.57. The molecule has 3 unspecified atom stereocenters. The van der Waals surface area contributed by atoms with Gasteiger partial charge in [-0.25, -0.2) is 4.79 Å². The average molecular weight is 461 g/mol. The maximum absolute atomic E-state index is 13.0. The number of hydrogen-bond donors (Lipinski definition) is 3. The van der Waals surface area contributed by atoms with Crippen LogP contribution < -0.4 is 10.7 Å². The van der Waals surface area contributed by atoms with Gasteiger partial charge in [-0.3, -0.25) is 4.79 Å². The molecule has 4 rings (SSSR count). The Bertz CT molecular complexity index is 1110. The summed E-state index contributed by atoms with van der Waals surface area (Å²) >= 11 is 6.31. The molecule has 1 aromatic carbocycles. The summed E-state index contributed by atoms with van der Waals surface area (Å²) in [6, 6.07) is 8.23. The van der Waals surface area contributed by atoms with Crippen molar-refractivity contribution in [2.75, 3.05) is 27.2 Å². The summed E-state index contributed by atoms with van der Waals surface area (Å²) in [7, 11) is 3.40. The topological polar surface area (TPSA) is 112 Å². The predicted octanol–water partition coefficient (Wildman–Crippen LogP) is 2.99. The van der Waals surface area contributed by atoms with Gasteiger partial charge in [-0.2, -0.15) is 0 Å². The van der Waals surface area contributed by atoms with Crippen molar-refractivity contribution in [3.05, 3.63) is 63.0 Å². The van der Waals surface area contributed by atoms with Crippen LogP contribution in [0.3, 0.4) is 0 Å². The minimum atomic E-state index is -1.13. The van der Waals surface area contributed by atoms with E-state index < -0.39 is 29.6 Å².